The van der Waals surface area contributed by atoms with Gasteiger partial charge in [-0.1, -0.05) is 50.2 Å². The number of sulfone groups is 1. The van der Waals surface area contributed by atoms with Crippen LogP contribution in [0.3, 0.4) is 0 Å². The summed E-state index contributed by atoms with van der Waals surface area (Å²) in [5.74, 6) is -0.248. The standard InChI is InChI=1S/C27H28ClFN2O4S/c1-5-6-10-23(16(2)28)35-17-11-12-18(19(29)13-17)24-26-21(14-27(3,4)15-36(26,33)34)31-25-20(30-24)8-7-9-22(25)32/h5-13,24,30-32H,1,14-15H2,2-4H3/b10-6-,23-16-. The van der Waals surface area contributed by atoms with E-state index in [-0.39, 0.29) is 27.7 Å². The molecular formula is C27H28ClFN2O4S. The zero-order valence-corrected chi connectivity index (χ0v) is 21.8. The summed E-state index contributed by atoms with van der Waals surface area (Å²) < 4.78 is 48.4. The second kappa shape index (κ2) is 9.67. The van der Waals surface area contributed by atoms with Crippen molar-refractivity contribution in [3.05, 3.63) is 94.0 Å². The minimum absolute atomic E-state index is 0.0409. The highest BCUT2D eigenvalue weighted by atomic mass is 35.5. The van der Waals surface area contributed by atoms with E-state index in [0.717, 1.165) is 0 Å². The molecule has 9 heteroatoms. The first-order valence-corrected chi connectivity index (χ1v) is 13.4. The van der Waals surface area contributed by atoms with E-state index < -0.39 is 27.1 Å². The van der Waals surface area contributed by atoms with E-state index in [1.54, 1.807) is 43.4 Å². The minimum atomic E-state index is -3.78. The average molecular weight is 531 g/mol. The van der Waals surface area contributed by atoms with Gasteiger partial charge in [-0.15, -0.1) is 0 Å². The van der Waals surface area contributed by atoms with E-state index in [0.29, 0.717) is 34.3 Å². The van der Waals surface area contributed by atoms with Gasteiger partial charge in [-0.3, -0.25) is 0 Å². The van der Waals surface area contributed by atoms with Gasteiger partial charge in [0.25, 0.3) is 0 Å². The molecule has 2 aromatic rings. The Balaban J connectivity index is 1.83. The molecule has 0 amide bonds. The number of aromatic hydroxyl groups is 1. The summed E-state index contributed by atoms with van der Waals surface area (Å²) in [7, 11) is -3.78. The van der Waals surface area contributed by atoms with Crippen molar-refractivity contribution in [3.8, 4) is 11.5 Å². The third-order valence-electron chi connectivity index (χ3n) is 5.98. The van der Waals surface area contributed by atoms with Gasteiger partial charge >= 0.3 is 0 Å². The van der Waals surface area contributed by atoms with Crippen molar-refractivity contribution in [1.29, 1.82) is 0 Å². The summed E-state index contributed by atoms with van der Waals surface area (Å²) in [6.07, 6.45) is 5.22. The number of ether oxygens (including phenoxy) is 1. The van der Waals surface area contributed by atoms with Crippen molar-refractivity contribution in [2.24, 2.45) is 5.41 Å². The van der Waals surface area contributed by atoms with Gasteiger partial charge in [-0.2, -0.15) is 0 Å². The van der Waals surface area contributed by atoms with Crippen molar-refractivity contribution >= 4 is 32.8 Å². The normalized spacial score (nSPS) is 20.9. The van der Waals surface area contributed by atoms with Crippen molar-refractivity contribution < 1.29 is 22.7 Å². The Hall–Kier alpha value is -3.23. The van der Waals surface area contributed by atoms with Gasteiger partial charge in [0.05, 0.1) is 27.4 Å². The van der Waals surface area contributed by atoms with Gasteiger partial charge in [-0.05, 0) is 49.1 Å². The summed E-state index contributed by atoms with van der Waals surface area (Å²) in [6.45, 7) is 8.99. The highest BCUT2D eigenvalue weighted by Crippen LogP contribution is 2.48. The third kappa shape index (κ3) is 5.15. The zero-order chi connectivity index (χ0) is 26.3. The number of hydrogen-bond donors (Lipinski definition) is 3. The van der Waals surface area contributed by atoms with Crippen LogP contribution >= 0.6 is 11.6 Å². The quantitative estimate of drug-likeness (QED) is 0.225. The van der Waals surface area contributed by atoms with Gasteiger partial charge in [0.2, 0.25) is 0 Å². The number of fused-ring (bicyclic) bond motifs is 1. The first kappa shape index (κ1) is 25.9. The molecule has 0 spiro atoms. The molecule has 190 valence electrons. The van der Waals surface area contributed by atoms with E-state index in [4.69, 9.17) is 16.3 Å². The molecule has 3 N–H and O–H groups in total. The predicted octanol–water partition coefficient (Wildman–Crippen LogP) is 6.76. The van der Waals surface area contributed by atoms with Gasteiger partial charge in [0, 0.05) is 17.3 Å². The molecule has 0 bridgehead atoms. The molecule has 0 aromatic heterocycles. The van der Waals surface area contributed by atoms with Crippen LogP contribution in [0.2, 0.25) is 0 Å². The molecule has 0 fully saturated rings. The topological polar surface area (TPSA) is 87.7 Å². The Morgan fingerprint density at radius 1 is 1.31 bits per heavy atom. The molecule has 4 rings (SSSR count). The van der Waals surface area contributed by atoms with Gasteiger partial charge in [0.15, 0.2) is 9.84 Å². The smallest absolute Gasteiger partial charge is 0.179 e. The number of halogens is 2. The summed E-state index contributed by atoms with van der Waals surface area (Å²) >= 11 is 6.10. The van der Waals surface area contributed by atoms with Crippen LogP contribution in [0.5, 0.6) is 11.5 Å². The van der Waals surface area contributed by atoms with Crippen molar-refractivity contribution in [2.45, 2.75) is 33.2 Å². The number of nitrogens with one attached hydrogen (secondary N) is 2. The van der Waals surface area contributed by atoms with Crippen LogP contribution in [-0.4, -0.2) is 19.3 Å². The maximum absolute atomic E-state index is 15.6. The summed E-state index contributed by atoms with van der Waals surface area (Å²) in [6, 6.07) is 8.07. The van der Waals surface area contributed by atoms with E-state index >= 15 is 4.39 Å². The highest BCUT2D eigenvalue weighted by Gasteiger charge is 2.43. The van der Waals surface area contributed by atoms with Crippen LogP contribution in [0.4, 0.5) is 15.8 Å². The number of anilines is 2. The zero-order valence-electron chi connectivity index (χ0n) is 20.2. The number of phenolic OH excluding ortho intramolecular Hbond substituents is 1. The van der Waals surface area contributed by atoms with E-state index in [1.165, 1.54) is 18.2 Å². The molecular weight excluding hydrogens is 503 g/mol. The molecule has 0 saturated carbocycles. The average Bonchev–Trinajstić information content (AvgIpc) is 2.93. The number of allylic oxidation sites excluding steroid dienone is 5. The molecule has 2 aliphatic rings. The van der Waals surface area contributed by atoms with Gasteiger partial charge in [-0.25, -0.2) is 12.8 Å². The summed E-state index contributed by atoms with van der Waals surface area (Å²) in [5.41, 5.74) is 0.829. The monoisotopic (exact) mass is 530 g/mol. The van der Waals surface area contributed by atoms with Crippen molar-refractivity contribution in [3.63, 3.8) is 0 Å². The number of phenols is 1. The van der Waals surface area contributed by atoms with Crippen molar-refractivity contribution in [2.75, 3.05) is 16.4 Å². The first-order valence-electron chi connectivity index (χ1n) is 11.4. The largest absolute Gasteiger partial charge is 0.506 e. The Morgan fingerprint density at radius 3 is 2.72 bits per heavy atom. The van der Waals surface area contributed by atoms with Crippen LogP contribution in [0.15, 0.2) is 82.6 Å². The lowest BCUT2D eigenvalue weighted by molar-refractivity contribution is 0.400. The SMILES string of the molecule is C=C/C=C\C(Oc1ccc(C2Nc3cccc(O)c3NC3=C2S(=O)(=O)CC(C)(C)C3)c(F)c1)=C(/C)Cl. The second-order valence-corrected chi connectivity index (χ2v) is 12.1. The second-order valence-electron chi connectivity index (χ2n) is 9.62. The van der Waals surface area contributed by atoms with Crippen molar-refractivity contribution in [1.82, 2.24) is 0 Å². The molecule has 0 aliphatic carbocycles. The predicted molar refractivity (Wildman–Crippen MR) is 142 cm³/mol. The van der Waals surface area contributed by atoms with E-state index in [2.05, 4.69) is 17.2 Å². The minimum Gasteiger partial charge on any atom is -0.506 e. The molecule has 2 heterocycles. The number of rotatable bonds is 5. The summed E-state index contributed by atoms with van der Waals surface area (Å²) in [5, 5.41) is 17.1. The lowest BCUT2D eigenvalue weighted by Gasteiger charge is -2.34. The van der Waals surface area contributed by atoms with E-state index in [1.807, 2.05) is 13.8 Å². The van der Waals surface area contributed by atoms with Crippen LogP contribution in [0, 0.1) is 11.2 Å². The van der Waals surface area contributed by atoms with Gasteiger partial charge < -0.3 is 20.5 Å². The lowest BCUT2D eigenvalue weighted by atomic mass is 9.88. The molecule has 36 heavy (non-hydrogen) atoms. The molecule has 2 aliphatic heterocycles. The third-order valence-corrected chi connectivity index (χ3v) is 8.48. The first-order chi connectivity index (χ1) is 16.9. The Kier molecular flexibility index (Phi) is 6.94. The number of para-hydroxylation sites is 1. The van der Waals surface area contributed by atoms with Crippen LogP contribution < -0.4 is 15.4 Å². The molecule has 1 unspecified atom stereocenters. The molecule has 0 saturated heterocycles. The Morgan fingerprint density at radius 2 is 2.06 bits per heavy atom. The number of hydrogen-bond acceptors (Lipinski definition) is 6. The molecule has 0 radical (unpaired) electrons. The maximum atomic E-state index is 15.6. The van der Waals surface area contributed by atoms with Gasteiger partial charge in [0.1, 0.15) is 28.8 Å². The fourth-order valence-corrected chi connectivity index (χ4v) is 6.98. The van der Waals surface area contributed by atoms with Crippen LogP contribution in [0.1, 0.15) is 38.8 Å². The molecule has 2 aromatic carbocycles. The Bertz CT molecular complexity index is 1420. The van der Waals surface area contributed by atoms with Crippen LogP contribution in [-0.2, 0) is 9.84 Å². The molecule has 6 nitrogen and oxygen atoms in total. The number of benzene rings is 2. The highest BCUT2D eigenvalue weighted by molar-refractivity contribution is 7.95. The summed E-state index contributed by atoms with van der Waals surface area (Å²) in [4.78, 5) is 0.0658. The fraction of sp³-hybridized carbons (Fsp3) is 0.259. The maximum Gasteiger partial charge on any atom is 0.179 e. The lowest BCUT2D eigenvalue weighted by Crippen LogP contribution is -2.35. The van der Waals surface area contributed by atoms with E-state index in [9.17, 15) is 13.5 Å². The molecule has 1 atom stereocenters. The van der Waals surface area contributed by atoms with Crippen LogP contribution in [0.25, 0.3) is 0 Å². The Labute approximate surface area is 215 Å². The fourth-order valence-electron chi connectivity index (χ4n) is 4.55.